The van der Waals surface area contributed by atoms with Gasteiger partial charge in [-0.1, -0.05) is 0 Å². The number of Topliss-reactive ketones (excluding diaryl/α,β-unsaturated/α-hetero) is 1. The van der Waals surface area contributed by atoms with E-state index in [1.165, 1.54) is 128 Å². The predicted molar refractivity (Wildman–Crippen MR) is 332 cm³/mol. The molecule has 0 saturated heterocycles. The molecule has 0 aliphatic carbocycles. The smallest absolute Gasteiger partial charge is 0.338 e. The van der Waals surface area contributed by atoms with Crippen molar-refractivity contribution < 1.29 is 157 Å². The van der Waals surface area contributed by atoms with Gasteiger partial charge in [-0.25, -0.2) is 14.4 Å². The van der Waals surface area contributed by atoms with Crippen LogP contribution in [0.2, 0.25) is 0 Å². The highest BCUT2D eigenvalue weighted by Crippen LogP contribution is 2.24. The maximum atomic E-state index is 13.8. The standard InChI is InChI=1S/C42H78O24.C19H40O9/c1-23(43)28(52-7)33(57-12)34(58-13)37(61-16)40(44)64-21-26(50-5)31(55-10)32(56-11)27(51-6)22-66-42(46)39(63-18)36(60-15)35(59-14)38(62-17)41(45)65-20-25(49-4)30(54-9)29(53-8)24(48-3)19-47-2;1-3-21-6-7-23-10-11-25-14-15-27-18-19-28-17-16-26-13-12-24-9-8-22-5-4-20-2/h24-39H,19-22H2,1-18H3;3-19H2,1-2H3. The van der Waals surface area contributed by atoms with E-state index in [4.69, 9.17) is 137 Å². The first-order valence-electron chi connectivity index (χ1n) is 30.6. The number of ketones is 1. The van der Waals surface area contributed by atoms with E-state index < -0.39 is 129 Å². The maximum Gasteiger partial charge on any atom is 0.338 e. The molecule has 0 heterocycles. The molecule has 16 unspecified atom stereocenters. The molecule has 0 amide bonds. The van der Waals surface area contributed by atoms with Crippen LogP contribution in [0, 0.1) is 0 Å². The van der Waals surface area contributed by atoms with Crippen molar-refractivity contribution in [2.45, 2.75) is 112 Å². The van der Waals surface area contributed by atoms with E-state index in [-0.39, 0.29) is 19.0 Å². The van der Waals surface area contributed by atoms with Crippen LogP contribution in [0.5, 0.6) is 0 Å². The van der Waals surface area contributed by atoms with Gasteiger partial charge in [-0.15, -0.1) is 0 Å². The van der Waals surface area contributed by atoms with Crippen LogP contribution >= 0.6 is 0 Å². The molecule has 0 fully saturated rings. The Kier molecular flexibility index (Phi) is 61.7. The molecule has 0 aliphatic heterocycles. The molecule has 0 saturated carbocycles. The lowest BCUT2D eigenvalue weighted by atomic mass is 9.99. The minimum absolute atomic E-state index is 0.180. The van der Waals surface area contributed by atoms with Gasteiger partial charge in [-0.3, -0.25) is 4.79 Å². The molecule has 0 aromatic carbocycles. The fourth-order valence-corrected chi connectivity index (χ4v) is 9.25. The minimum Gasteiger partial charge on any atom is -0.461 e. The lowest BCUT2D eigenvalue weighted by Crippen LogP contribution is -2.55. The van der Waals surface area contributed by atoms with E-state index in [0.717, 1.165) is 6.61 Å². The minimum atomic E-state index is -1.50. The summed E-state index contributed by atoms with van der Waals surface area (Å²) in [6.45, 7) is 12.1. The van der Waals surface area contributed by atoms with E-state index in [9.17, 15) is 19.2 Å². The molecule has 0 radical (unpaired) electrons. The van der Waals surface area contributed by atoms with Crippen molar-refractivity contribution in [3.05, 3.63) is 0 Å². The maximum absolute atomic E-state index is 13.8. The molecule has 33 heteroatoms. The van der Waals surface area contributed by atoms with E-state index in [1.807, 2.05) is 6.92 Å². The Labute approximate surface area is 557 Å². The van der Waals surface area contributed by atoms with Crippen molar-refractivity contribution in [3.8, 4) is 0 Å². The lowest BCUT2D eigenvalue weighted by molar-refractivity contribution is -0.202. The zero-order valence-electron chi connectivity index (χ0n) is 59.6. The zero-order valence-corrected chi connectivity index (χ0v) is 59.6. The van der Waals surface area contributed by atoms with Gasteiger partial charge in [0.15, 0.2) is 24.1 Å². The first-order valence-corrected chi connectivity index (χ1v) is 30.6. The highest BCUT2D eigenvalue weighted by atomic mass is 16.7. The quantitative estimate of drug-likeness (QED) is 0.0435. The van der Waals surface area contributed by atoms with Crippen molar-refractivity contribution in [1.82, 2.24) is 0 Å². The van der Waals surface area contributed by atoms with Gasteiger partial charge in [-0.2, -0.15) is 0 Å². The number of rotatable bonds is 65. The molecule has 0 aromatic heterocycles. The Hall–Kier alpha value is -2.96. The molecular formula is C61H118O33. The van der Waals surface area contributed by atoms with E-state index in [2.05, 4.69) is 0 Å². The number of carbonyl (C=O) groups excluding carboxylic acids is 4. The Morgan fingerprint density at radius 3 is 0.628 bits per heavy atom. The largest absolute Gasteiger partial charge is 0.461 e. The highest BCUT2D eigenvalue weighted by Gasteiger charge is 2.47. The van der Waals surface area contributed by atoms with Gasteiger partial charge in [0.25, 0.3) is 0 Å². The van der Waals surface area contributed by atoms with Gasteiger partial charge in [-0.05, 0) is 13.8 Å². The molecule has 0 aliphatic rings. The molecule has 0 aromatic rings. The summed E-state index contributed by atoms with van der Waals surface area (Å²) in [5.41, 5.74) is 0. The van der Waals surface area contributed by atoms with Crippen molar-refractivity contribution in [1.29, 1.82) is 0 Å². The molecule has 94 heavy (non-hydrogen) atoms. The van der Waals surface area contributed by atoms with Crippen molar-refractivity contribution in [2.24, 2.45) is 0 Å². The lowest BCUT2D eigenvalue weighted by Gasteiger charge is -2.36. The van der Waals surface area contributed by atoms with Gasteiger partial charge in [0, 0.05) is 135 Å². The number of ether oxygens (including phenoxy) is 29. The first kappa shape index (κ1) is 93.1. The molecule has 0 rings (SSSR count). The normalized spacial score (nSPS) is 16.9. The number of esters is 3. The third kappa shape index (κ3) is 37.3. The second-order valence-corrected chi connectivity index (χ2v) is 19.8. The van der Waals surface area contributed by atoms with E-state index >= 15 is 0 Å². The summed E-state index contributed by atoms with van der Waals surface area (Å²) in [7, 11) is 24.7. The molecule has 0 bridgehead atoms. The van der Waals surface area contributed by atoms with Crippen LogP contribution in [0.3, 0.4) is 0 Å². The average Bonchev–Trinajstić information content (AvgIpc) is 0.869. The zero-order chi connectivity index (χ0) is 70.9. The highest BCUT2D eigenvalue weighted by molar-refractivity contribution is 5.82. The molecule has 16 atom stereocenters. The third-order valence-corrected chi connectivity index (χ3v) is 14.2. The average molecular weight is 1380 g/mol. The van der Waals surface area contributed by atoms with Crippen LogP contribution in [0.1, 0.15) is 13.8 Å². The summed E-state index contributed by atoms with van der Waals surface area (Å²) >= 11 is 0. The summed E-state index contributed by atoms with van der Waals surface area (Å²) in [4.78, 5) is 53.1. The van der Waals surface area contributed by atoms with Crippen molar-refractivity contribution in [2.75, 3.05) is 267 Å². The molecule has 0 spiro atoms. The van der Waals surface area contributed by atoms with E-state index in [1.54, 1.807) is 7.11 Å². The SMILES string of the molecule is CCOCCOCCOCCOCCOCCOCCOCCOCCOC.COCC(OC)C(OC)C(OC)C(COC(=O)C(OC)C(OC)C(OC)C(OC)C(=O)OCC(OC)C(OC)C(OC)C(COC(=O)C(OC)C(OC)C(OC)C(OC)C(C)=O)OC)OC. The number of carbonyl (C=O) groups is 4. The van der Waals surface area contributed by atoms with Gasteiger partial charge >= 0.3 is 17.9 Å². The molecule has 0 N–H and O–H groups in total. The van der Waals surface area contributed by atoms with Crippen molar-refractivity contribution in [3.63, 3.8) is 0 Å². The summed E-state index contributed by atoms with van der Waals surface area (Å²) in [5, 5.41) is 0. The molecule has 33 nitrogen and oxygen atoms in total. The van der Waals surface area contributed by atoms with Gasteiger partial charge < -0.3 is 137 Å². The fraction of sp³-hybridized carbons (Fsp3) is 0.934. The second kappa shape index (κ2) is 62.3. The number of hydrogen-bond donors (Lipinski definition) is 0. The van der Waals surface area contributed by atoms with Crippen molar-refractivity contribution >= 4 is 23.7 Å². The second-order valence-electron chi connectivity index (χ2n) is 19.8. The van der Waals surface area contributed by atoms with Crippen LogP contribution in [-0.2, 0) is 157 Å². The first-order chi connectivity index (χ1) is 45.5. The topological polar surface area (TPSA) is 336 Å². The van der Waals surface area contributed by atoms with Gasteiger partial charge in [0.2, 0.25) is 0 Å². The van der Waals surface area contributed by atoms with Crippen LogP contribution in [0.4, 0.5) is 0 Å². The number of hydrogen-bond acceptors (Lipinski definition) is 33. The Morgan fingerprint density at radius 1 is 0.234 bits per heavy atom. The summed E-state index contributed by atoms with van der Waals surface area (Å²) in [5.74, 6) is -3.08. The molecular weight excluding hydrogens is 1260 g/mol. The Bertz CT molecular complexity index is 1740. The third-order valence-electron chi connectivity index (χ3n) is 14.2. The van der Waals surface area contributed by atoms with Crippen LogP contribution in [0.15, 0.2) is 0 Å². The van der Waals surface area contributed by atoms with E-state index in [0.29, 0.717) is 106 Å². The van der Waals surface area contributed by atoms with Gasteiger partial charge in [0.1, 0.15) is 99.2 Å². The van der Waals surface area contributed by atoms with Crippen LogP contribution < -0.4 is 0 Å². The summed E-state index contributed by atoms with van der Waals surface area (Å²) in [6.07, 6.45) is -17.1. The number of methoxy groups -OCH3 is 18. The van der Waals surface area contributed by atoms with Gasteiger partial charge in [0.05, 0.1) is 112 Å². The predicted octanol–water partition coefficient (Wildman–Crippen LogP) is -0.123. The van der Waals surface area contributed by atoms with Crippen LogP contribution in [0.25, 0.3) is 0 Å². The van der Waals surface area contributed by atoms with Crippen LogP contribution in [-0.4, -0.2) is 388 Å². The Morgan fingerprint density at radius 2 is 0.447 bits per heavy atom. The molecule has 560 valence electrons. The summed E-state index contributed by atoms with van der Waals surface area (Å²) in [6, 6.07) is 0. The summed E-state index contributed by atoms with van der Waals surface area (Å²) < 4.78 is 159. The fourth-order valence-electron chi connectivity index (χ4n) is 9.25. The Balaban J connectivity index is 0. The monoisotopic (exact) mass is 1380 g/mol.